The number of rotatable bonds is 5. The van der Waals surface area contributed by atoms with Crippen molar-refractivity contribution in [3.8, 4) is 0 Å². The molecule has 100 valence electrons. The Labute approximate surface area is 103 Å². The fourth-order valence-electron chi connectivity index (χ4n) is 2.89. The SMILES string of the molecule is CC1C(NCCCO)CCC(C(=O)O)C1(C)C. The van der Waals surface area contributed by atoms with Crippen molar-refractivity contribution < 1.29 is 15.0 Å². The Morgan fingerprint density at radius 1 is 1.41 bits per heavy atom. The summed E-state index contributed by atoms with van der Waals surface area (Å²) in [5.74, 6) is -0.583. The highest BCUT2D eigenvalue weighted by Gasteiger charge is 2.45. The second-order valence-corrected chi connectivity index (χ2v) is 5.72. The van der Waals surface area contributed by atoms with Crippen molar-refractivity contribution in [2.24, 2.45) is 17.3 Å². The van der Waals surface area contributed by atoms with Gasteiger partial charge in [0.15, 0.2) is 0 Å². The van der Waals surface area contributed by atoms with Gasteiger partial charge in [0, 0.05) is 12.6 Å². The predicted octanol–water partition coefficient (Wildman–Crippen LogP) is 1.48. The van der Waals surface area contributed by atoms with E-state index in [9.17, 15) is 9.90 Å². The third kappa shape index (κ3) is 3.19. The molecular formula is C13H25NO3. The van der Waals surface area contributed by atoms with Crippen LogP contribution < -0.4 is 5.32 Å². The summed E-state index contributed by atoms with van der Waals surface area (Å²) in [6.07, 6.45) is 2.41. The lowest BCUT2D eigenvalue weighted by Crippen LogP contribution is -2.51. The van der Waals surface area contributed by atoms with E-state index in [1.54, 1.807) is 0 Å². The molecule has 0 aromatic heterocycles. The van der Waals surface area contributed by atoms with Crippen LogP contribution in [-0.2, 0) is 4.79 Å². The van der Waals surface area contributed by atoms with Crippen molar-refractivity contribution >= 4 is 5.97 Å². The Hall–Kier alpha value is -0.610. The van der Waals surface area contributed by atoms with Crippen LogP contribution in [0.2, 0.25) is 0 Å². The van der Waals surface area contributed by atoms with Gasteiger partial charge in [-0.1, -0.05) is 20.8 Å². The van der Waals surface area contributed by atoms with E-state index in [-0.39, 0.29) is 17.9 Å². The van der Waals surface area contributed by atoms with Crippen LogP contribution in [0.15, 0.2) is 0 Å². The Kier molecular flexibility index (Phi) is 4.95. The first-order valence-corrected chi connectivity index (χ1v) is 6.48. The summed E-state index contributed by atoms with van der Waals surface area (Å²) in [4.78, 5) is 11.2. The van der Waals surface area contributed by atoms with Gasteiger partial charge in [0.2, 0.25) is 0 Å². The molecule has 0 bridgehead atoms. The number of carbonyl (C=O) groups is 1. The van der Waals surface area contributed by atoms with Crippen molar-refractivity contribution in [2.75, 3.05) is 13.2 Å². The van der Waals surface area contributed by atoms with Gasteiger partial charge in [0.1, 0.15) is 0 Å². The minimum Gasteiger partial charge on any atom is -0.481 e. The number of aliphatic hydroxyl groups excluding tert-OH is 1. The molecule has 0 spiro atoms. The van der Waals surface area contributed by atoms with Gasteiger partial charge in [-0.2, -0.15) is 0 Å². The third-order valence-corrected chi connectivity index (χ3v) is 4.48. The first-order chi connectivity index (χ1) is 7.91. The summed E-state index contributed by atoms with van der Waals surface area (Å²) in [6, 6.07) is 0.368. The van der Waals surface area contributed by atoms with E-state index < -0.39 is 5.97 Å². The maximum atomic E-state index is 11.2. The van der Waals surface area contributed by atoms with E-state index >= 15 is 0 Å². The van der Waals surface area contributed by atoms with Crippen LogP contribution in [0.5, 0.6) is 0 Å². The minimum absolute atomic E-state index is 0.180. The predicted molar refractivity (Wildman–Crippen MR) is 66.8 cm³/mol. The lowest BCUT2D eigenvalue weighted by atomic mass is 9.61. The molecule has 0 aromatic rings. The Balaban J connectivity index is 2.61. The summed E-state index contributed by atoms with van der Waals surface area (Å²) in [6.45, 7) is 7.24. The third-order valence-electron chi connectivity index (χ3n) is 4.48. The summed E-state index contributed by atoms with van der Waals surface area (Å²) < 4.78 is 0. The molecule has 0 amide bonds. The van der Waals surface area contributed by atoms with Crippen molar-refractivity contribution in [3.05, 3.63) is 0 Å². The fourth-order valence-corrected chi connectivity index (χ4v) is 2.89. The maximum absolute atomic E-state index is 11.2. The zero-order chi connectivity index (χ0) is 13.1. The lowest BCUT2D eigenvalue weighted by molar-refractivity contribution is -0.150. The van der Waals surface area contributed by atoms with E-state index in [1.165, 1.54) is 0 Å². The van der Waals surface area contributed by atoms with Crippen LogP contribution in [0.3, 0.4) is 0 Å². The summed E-state index contributed by atoms with van der Waals surface area (Å²) in [7, 11) is 0. The molecule has 0 saturated heterocycles. The Morgan fingerprint density at radius 3 is 2.59 bits per heavy atom. The monoisotopic (exact) mass is 243 g/mol. The molecule has 0 aromatic carbocycles. The van der Waals surface area contributed by atoms with Crippen LogP contribution in [-0.4, -0.2) is 35.4 Å². The number of carboxylic acids is 1. The maximum Gasteiger partial charge on any atom is 0.307 e. The van der Waals surface area contributed by atoms with E-state index in [1.807, 2.05) is 0 Å². The standard InChI is InChI=1S/C13H25NO3/c1-9-11(14-7-4-8-15)6-5-10(12(16)17)13(9,2)3/h9-11,14-15H,4-8H2,1-3H3,(H,16,17). The minimum atomic E-state index is -0.671. The van der Waals surface area contributed by atoms with Crippen molar-refractivity contribution in [1.29, 1.82) is 0 Å². The second kappa shape index (κ2) is 5.83. The van der Waals surface area contributed by atoms with Crippen LogP contribution in [0, 0.1) is 17.3 Å². The number of hydrogen-bond acceptors (Lipinski definition) is 3. The molecule has 17 heavy (non-hydrogen) atoms. The molecule has 1 aliphatic carbocycles. The molecule has 1 rings (SSSR count). The zero-order valence-corrected chi connectivity index (χ0v) is 11.1. The molecule has 0 heterocycles. The van der Waals surface area contributed by atoms with E-state index in [0.29, 0.717) is 12.0 Å². The van der Waals surface area contributed by atoms with Crippen LogP contribution in [0.4, 0.5) is 0 Å². The summed E-state index contributed by atoms with van der Waals surface area (Å²) >= 11 is 0. The average molecular weight is 243 g/mol. The highest BCUT2D eigenvalue weighted by atomic mass is 16.4. The molecule has 4 heteroatoms. The Morgan fingerprint density at radius 2 is 2.06 bits per heavy atom. The van der Waals surface area contributed by atoms with Crippen molar-refractivity contribution in [2.45, 2.75) is 46.1 Å². The van der Waals surface area contributed by atoms with Crippen molar-refractivity contribution in [3.63, 3.8) is 0 Å². The van der Waals surface area contributed by atoms with Gasteiger partial charge < -0.3 is 15.5 Å². The molecule has 1 saturated carbocycles. The topological polar surface area (TPSA) is 69.6 Å². The number of hydrogen-bond donors (Lipinski definition) is 3. The van der Waals surface area contributed by atoms with Crippen LogP contribution >= 0.6 is 0 Å². The van der Waals surface area contributed by atoms with E-state index in [2.05, 4.69) is 26.1 Å². The van der Waals surface area contributed by atoms with Crippen molar-refractivity contribution in [1.82, 2.24) is 5.32 Å². The van der Waals surface area contributed by atoms with Gasteiger partial charge in [-0.05, 0) is 37.1 Å². The van der Waals surface area contributed by atoms with Crippen LogP contribution in [0.25, 0.3) is 0 Å². The van der Waals surface area contributed by atoms with E-state index in [4.69, 9.17) is 5.11 Å². The summed E-state index contributed by atoms with van der Waals surface area (Å²) in [5.41, 5.74) is -0.180. The molecule has 4 nitrogen and oxygen atoms in total. The van der Waals surface area contributed by atoms with Gasteiger partial charge in [-0.3, -0.25) is 4.79 Å². The fraction of sp³-hybridized carbons (Fsp3) is 0.923. The first kappa shape index (κ1) is 14.5. The molecule has 3 atom stereocenters. The normalized spacial score (nSPS) is 32.4. The highest BCUT2D eigenvalue weighted by Crippen LogP contribution is 2.44. The van der Waals surface area contributed by atoms with Gasteiger partial charge in [0.05, 0.1) is 5.92 Å². The first-order valence-electron chi connectivity index (χ1n) is 6.48. The van der Waals surface area contributed by atoms with Gasteiger partial charge in [-0.25, -0.2) is 0 Å². The average Bonchev–Trinajstić information content (AvgIpc) is 2.24. The quantitative estimate of drug-likeness (QED) is 0.640. The number of aliphatic carboxylic acids is 1. The number of aliphatic hydroxyl groups is 1. The smallest absolute Gasteiger partial charge is 0.307 e. The Bertz CT molecular complexity index is 265. The number of nitrogens with one attached hydrogen (secondary N) is 1. The van der Waals surface area contributed by atoms with E-state index in [0.717, 1.165) is 25.8 Å². The lowest BCUT2D eigenvalue weighted by Gasteiger charge is -2.46. The molecule has 3 unspecified atom stereocenters. The summed E-state index contributed by atoms with van der Waals surface area (Å²) in [5, 5.41) is 21.4. The van der Waals surface area contributed by atoms with Gasteiger partial charge >= 0.3 is 5.97 Å². The molecule has 0 aliphatic heterocycles. The second-order valence-electron chi connectivity index (χ2n) is 5.72. The zero-order valence-electron chi connectivity index (χ0n) is 11.1. The molecule has 3 N–H and O–H groups in total. The molecule has 1 aliphatic rings. The van der Waals surface area contributed by atoms with Gasteiger partial charge in [0.25, 0.3) is 0 Å². The highest BCUT2D eigenvalue weighted by molar-refractivity contribution is 5.71. The molecule has 0 radical (unpaired) electrons. The molecular weight excluding hydrogens is 218 g/mol. The van der Waals surface area contributed by atoms with Gasteiger partial charge in [-0.15, -0.1) is 0 Å². The van der Waals surface area contributed by atoms with Crippen LogP contribution in [0.1, 0.15) is 40.0 Å². The number of carboxylic acid groups (broad SMARTS) is 1. The molecule has 1 fully saturated rings. The largest absolute Gasteiger partial charge is 0.481 e.